The molecule has 0 fully saturated rings. The predicted molar refractivity (Wildman–Crippen MR) is 70.9 cm³/mol. The van der Waals surface area contributed by atoms with E-state index in [-0.39, 0.29) is 6.04 Å². The minimum atomic E-state index is -0.0540. The molecule has 1 aromatic carbocycles. The van der Waals surface area contributed by atoms with Crippen LogP contribution in [0.3, 0.4) is 0 Å². The lowest BCUT2D eigenvalue weighted by atomic mass is 10.1. The fraction of sp³-hybridized carbons (Fsp3) is 0.250. The third-order valence-electron chi connectivity index (χ3n) is 2.67. The maximum atomic E-state index is 6.14. The second kappa shape index (κ2) is 4.69. The second-order valence-corrected chi connectivity index (χ2v) is 4.83. The fourth-order valence-corrected chi connectivity index (χ4v) is 2.12. The van der Waals surface area contributed by atoms with Crippen molar-refractivity contribution >= 4 is 23.2 Å². The van der Waals surface area contributed by atoms with Crippen molar-refractivity contribution in [2.24, 2.45) is 5.73 Å². The highest BCUT2D eigenvalue weighted by Gasteiger charge is 2.13. The minimum absolute atomic E-state index is 0.0540. The topological polar surface area (TPSA) is 43.8 Å². The van der Waals surface area contributed by atoms with E-state index in [1.807, 2.05) is 13.8 Å². The van der Waals surface area contributed by atoms with Crippen LogP contribution in [0.25, 0.3) is 5.69 Å². The van der Waals surface area contributed by atoms with Gasteiger partial charge in [-0.2, -0.15) is 5.10 Å². The van der Waals surface area contributed by atoms with Crippen LogP contribution in [0, 0.1) is 6.92 Å². The molecule has 1 aromatic heterocycles. The van der Waals surface area contributed by atoms with Crippen LogP contribution < -0.4 is 5.73 Å². The van der Waals surface area contributed by atoms with Crippen LogP contribution in [-0.2, 0) is 0 Å². The van der Waals surface area contributed by atoms with Crippen molar-refractivity contribution in [1.29, 1.82) is 0 Å². The third kappa shape index (κ3) is 2.32. The van der Waals surface area contributed by atoms with Crippen molar-refractivity contribution < 1.29 is 0 Å². The molecule has 0 saturated carbocycles. The van der Waals surface area contributed by atoms with E-state index in [0.29, 0.717) is 10.0 Å². The smallest absolute Gasteiger partial charge is 0.0849 e. The van der Waals surface area contributed by atoms with Crippen molar-refractivity contribution in [2.75, 3.05) is 0 Å². The number of nitrogens with zero attached hydrogens (tertiary/aromatic N) is 2. The van der Waals surface area contributed by atoms with E-state index < -0.39 is 0 Å². The Kier molecular flexibility index (Phi) is 3.43. The summed E-state index contributed by atoms with van der Waals surface area (Å²) >= 11 is 12.1. The number of benzene rings is 1. The Bertz CT molecular complexity index is 547. The summed E-state index contributed by atoms with van der Waals surface area (Å²) in [7, 11) is 0. The molecule has 1 atom stereocenters. The first kappa shape index (κ1) is 12.4. The Balaban J connectivity index is 2.57. The maximum absolute atomic E-state index is 6.14. The Morgan fingerprint density at radius 1 is 1.35 bits per heavy atom. The molecule has 3 nitrogen and oxygen atoms in total. The molecule has 0 amide bonds. The van der Waals surface area contributed by atoms with E-state index in [0.717, 1.165) is 16.9 Å². The number of aromatic nitrogens is 2. The van der Waals surface area contributed by atoms with Gasteiger partial charge in [-0.25, -0.2) is 4.68 Å². The molecular formula is C12H13Cl2N3. The molecule has 17 heavy (non-hydrogen) atoms. The minimum Gasteiger partial charge on any atom is -0.324 e. The zero-order valence-electron chi connectivity index (χ0n) is 9.61. The highest BCUT2D eigenvalue weighted by Crippen LogP contribution is 2.26. The lowest BCUT2D eigenvalue weighted by Crippen LogP contribution is -2.07. The van der Waals surface area contributed by atoms with E-state index >= 15 is 0 Å². The summed E-state index contributed by atoms with van der Waals surface area (Å²) in [6, 6.07) is 5.24. The Hall–Kier alpha value is -1.03. The van der Waals surface area contributed by atoms with Crippen LogP contribution in [0.2, 0.25) is 10.0 Å². The van der Waals surface area contributed by atoms with Crippen LogP contribution in [0.1, 0.15) is 24.2 Å². The van der Waals surface area contributed by atoms with Gasteiger partial charge < -0.3 is 5.73 Å². The van der Waals surface area contributed by atoms with Gasteiger partial charge in [0.25, 0.3) is 0 Å². The van der Waals surface area contributed by atoms with Gasteiger partial charge in [0.1, 0.15) is 0 Å². The molecule has 1 unspecified atom stereocenters. The summed E-state index contributed by atoms with van der Waals surface area (Å²) in [5.74, 6) is 0. The summed E-state index contributed by atoms with van der Waals surface area (Å²) in [4.78, 5) is 0. The lowest BCUT2D eigenvalue weighted by Gasteiger charge is -2.09. The quantitative estimate of drug-likeness (QED) is 0.907. The average Bonchev–Trinajstić information content (AvgIpc) is 2.64. The number of hydrogen-bond donors (Lipinski definition) is 1. The van der Waals surface area contributed by atoms with Gasteiger partial charge in [0.15, 0.2) is 0 Å². The summed E-state index contributed by atoms with van der Waals surface area (Å²) in [5.41, 5.74) is 8.61. The normalized spacial score (nSPS) is 12.8. The van der Waals surface area contributed by atoms with E-state index in [9.17, 15) is 0 Å². The van der Waals surface area contributed by atoms with Crippen LogP contribution in [0.15, 0.2) is 24.4 Å². The zero-order valence-corrected chi connectivity index (χ0v) is 11.1. The van der Waals surface area contributed by atoms with Crippen LogP contribution in [-0.4, -0.2) is 9.78 Å². The van der Waals surface area contributed by atoms with Crippen molar-refractivity contribution in [3.8, 4) is 5.69 Å². The Labute approximate surface area is 110 Å². The molecule has 90 valence electrons. The fourth-order valence-electron chi connectivity index (χ4n) is 1.76. The molecule has 0 aliphatic rings. The van der Waals surface area contributed by atoms with Crippen molar-refractivity contribution in [3.63, 3.8) is 0 Å². The zero-order chi connectivity index (χ0) is 12.6. The monoisotopic (exact) mass is 269 g/mol. The number of nitrogens with two attached hydrogens (primary N) is 1. The standard InChI is InChI=1S/C12H13Cl2N3/c1-7(15)10-6-16-17(8(10)2)12-5-9(13)3-4-11(12)14/h3-7H,15H2,1-2H3. The van der Waals surface area contributed by atoms with Crippen LogP contribution >= 0.6 is 23.2 Å². The first-order valence-electron chi connectivity index (χ1n) is 5.26. The molecule has 1 heterocycles. The summed E-state index contributed by atoms with van der Waals surface area (Å²) in [6.45, 7) is 3.89. The van der Waals surface area contributed by atoms with E-state index in [4.69, 9.17) is 28.9 Å². The molecule has 0 spiro atoms. The van der Waals surface area contributed by atoms with Crippen molar-refractivity contribution in [3.05, 3.63) is 45.7 Å². The van der Waals surface area contributed by atoms with Gasteiger partial charge in [-0.3, -0.25) is 0 Å². The van der Waals surface area contributed by atoms with E-state index in [1.54, 1.807) is 29.1 Å². The summed E-state index contributed by atoms with van der Waals surface area (Å²) < 4.78 is 1.76. The van der Waals surface area contributed by atoms with E-state index in [2.05, 4.69) is 5.10 Å². The molecule has 0 bridgehead atoms. The SMILES string of the molecule is Cc1c(C(C)N)cnn1-c1cc(Cl)ccc1Cl. The largest absolute Gasteiger partial charge is 0.324 e. The first-order valence-corrected chi connectivity index (χ1v) is 6.02. The van der Waals surface area contributed by atoms with Crippen LogP contribution in [0.5, 0.6) is 0 Å². The third-order valence-corrected chi connectivity index (χ3v) is 3.23. The molecule has 2 N–H and O–H groups in total. The van der Waals surface area contributed by atoms with Crippen molar-refractivity contribution in [1.82, 2.24) is 9.78 Å². The summed E-state index contributed by atoms with van der Waals surface area (Å²) in [6.07, 6.45) is 1.76. The number of hydrogen-bond acceptors (Lipinski definition) is 2. The lowest BCUT2D eigenvalue weighted by molar-refractivity contribution is 0.797. The Morgan fingerprint density at radius 2 is 2.06 bits per heavy atom. The number of rotatable bonds is 2. The molecule has 0 aliphatic carbocycles. The first-order chi connectivity index (χ1) is 8.00. The Morgan fingerprint density at radius 3 is 2.65 bits per heavy atom. The highest BCUT2D eigenvalue weighted by atomic mass is 35.5. The van der Waals surface area contributed by atoms with Gasteiger partial charge >= 0.3 is 0 Å². The molecule has 5 heteroatoms. The molecule has 0 radical (unpaired) electrons. The van der Waals surface area contributed by atoms with Gasteiger partial charge in [-0.1, -0.05) is 23.2 Å². The number of halogens is 2. The van der Waals surface area contributed by atoms with Crippen LogP contribution in [0.4, 0.5) is 0 Å². The molecular weight excluding hydrogens is 257 g/mol. The second-order valence-electron chi connectivity index (χ2n) is 3.98. The highest BCUT2D eigenvalue weighted by molar-refractivity contribution is 6.34. The maximum Gasteiger partial charge on any atom is 0.0849 e. The van der Waals surface area contributed by atoms with Crippen molar-refractivity contribution in [2.45, 2.75) is 19.9 Å². The van der Waals surface area contributed by atoms with Gasteiger partial charge in [0.2, 0.25) is 0 Å². The molecule has 2 rings (SSSR count). The predicted octanol–water partition coefficient (Wildman–Crippen LogP) is 3.51. The summed E-state index contributed by atoms with van der Waals surface area (Å²) in [5, 5.41) is 5.54. The van der Waals surface area contributed by atoms with E-state index in [1.165, 1.54) is 0 Å². The molecule has 0 saturated heterocycles. The van der Waals surface area contributed by atoms with Gasteiger partial charge in [-0.15, -0.1) is 0 Å². The van der Waals surface area contributed by atoms with Gasteiger partial charge in [0.05, 0.1) is 16.9 Å². The average molecular weight is 270 g/mol. The molecule has 2 aromatic rings. The van der Waals surface area contributed by atoms with Gasteiger partial charge in [0, 0.05) is 22.3 Å². The molecule has 0 aliphatic heterocycles. The van der Waals surface area contributed by atoms with Gasteiger partial charge in [-0.05, 0) is 32.0 Å².